The molecule has 2 aliphatic rings. The van der Waals surface area contributed by atoms with Gasteiger partial charge in [0.05, 0.1) is 12.1 Å². The lowest BCUT2D eigenvalue weighted by atomic mass is 10.1. The molecule has 0 aromatic carbocycles. The second-order valence-corrected chi connectivity index (χ2v) is 6.18. The predicted molar refractivity (Wildman–Crippen MR) is 87.3 cm³/mol. The van der Waals surface area contributed by atoms with Crippen LogP contribution in [0.15, 0.2) is 18.5 Å². The number of likely N-dealkylation sites (tertiary alicyclic amines) is 2. The topological polar surface area (TPSA) is 95.6 Å². The molecule has 1 aromatic heterocycles. The molecule has 2 saturated heterocycles. The molecule has 23 heavy (non-hydrogen) atoms. The second kappa shape index (κ2) is 7.06. The van der Waals surface area contributed by atoms with Crippen LogP contribution >= 0.6 is 0 Å². The van der Waals surface area contributed by atoms with Crippen molar-refractivity contribution in [3.8, 4) is 0 Å². The average Bonchev–Trinajstić information content (AvgIpc) is 2.97. The van der Waals surface area contributed by atoms with Crippen molar-refractivity contribution in [1.82, 2.24) is 19.8 Å². The Kier molecular flexibility index (Phi) is 4.88. The molecular weight excluding hydrogens is 294 g/mol. The summed E-state index contributed by atoms with van der Waals surface area (Å²) in [5.74, 6) is 0.112. The lowest BCUT2D eigenvalue weighted by molar-refractivity contribution is -0.125. The van der Waals surface area contributed by atoms with Gasteiger partial charge in [0.1, 0.15) is 0 Å². The standard InChI is InChI=1S/C16H23N5O2/c17-16-18-8-12(9-19-16)4-5-15(23)21-10-13(14(22)11-21)20-6-2-1-3-7-20/h4-5,8-9,13-14,22H,1-3,6-7,10-11H2,(H2,17,18,19)/t13-,14-/m0/s1. The van der Waals surface area contributed by atoms with Gasteiger partial charge >= 0.3 is 0 Å². The van der Waals surface area contributed by atoms with E-state index in [1.54, 1.807) is 23.4 Å². The fourth-order valence-electron chi connectivity index (χ4n) is 3.27. The molecule has 0 aliphatic carbocycles. The van der Waals surface area contributed by atoms with E-state index in [-0.39, 0.29) is 17.9 Å². The van der Waals surface area contributed by atoms with Crippen molar-refractivity contribution in [2.75, 3.05) is 31.9 Å². The van der Waals surface area contributed by atoms with Crippen molar-refractivity contribution in [3.05, 3.63) is 24.0 Å². The summed E-state index contributed by atoms with van der Waals surface area (Å²) in [6, 6.07) is 0.0625. The highest BCUT2D eigenvalue weighted by Gasteiger charge is 2.37. The minimum atomic E-state index is -0.467. The summed E-state index contributed by atoms with van der Waals surface area (Å²) in [6.07, 6.45) is 9.45. The lowest BCUT2D eigenvalue weighted by Gasteiger charge is -2.33. The van der Waals surface area contributed by atoms with Gasteiger partial charge in [0, 0.05) is 37.1 Å². The first-order valence-electron chi connectivity index (χ1n) is 8.10. The highest BCUT2D eigenvalue weighted by Crippen LogP contribution is 2.21. The average molecular weight is 317 g/mol. The number of hydrogen-bond acceptors (Lipinski definition) is 6. The molecule has 0 radical (unpaired) electrons. The number of carbonyl (C=O) groups is 1. The number of nitrogens with two attached hydrogens (primary N) is 1. The second-order valence-electron chi connectivity index (χ2n) is 6.18. The van der Waals surface area contributed by atoms with Crippen LogP contribution in [-0.2, 0) is 4.79 Å². The van der Waals surface area contributed by atoms with Crippen LogP contribution in [0.5, 0.6) is 0 Å². The van der Waals surface area contributed by atoms with Gasteiger partial charge in [-0.05, 0) is 32.0 Å². The fourth-order valence-corrected chi connectivity index (χ4v) is 3.27. The van der Waals surface area contributed by atoms with Gasteiger partial charge in [-0.25, -0.2) is 9.97 Å². The summed E-state index contributed by atoms with van der Waals surface area (Å²) in [6.45, 7) is 3.01. The molecule has 2 fully saturated rings. The molecule has 0 bridgehead atoms. The van der Waals surface area contributed by atoms with E-state index in [0.717, 1.165) is 18.7 Å². The van der Waals surface area contributed by atoms with Gasteiger partial charge < -0.3 is 15.7 Å². The van der Waals surface area contributed by atoms with Crippen molar-refractivity contribution in [1.29, 1.82) is 0 Å². The third-order valence-corrected chi connectivity index (χ3v) is 4.54. The highest BCUT2D eigenvalue weighted by molar-refractivity contribution is 5.92. The molecule has 7 nitrogen and oxygen atoms in total. The third-order valence-electron chi connectivity index (χ3n) is 4.54. The zero-order valence-corrected chi connectivity index (χ0v) is 13.1. The molecule has 0 spiro atoms. The number of rotatable bonds is 3. The van der Waals surface area contributed by atoms with Crippen LogP contribution in [0.25, 0.3) is 6.08 Å². The van der Waals surface area contributed by atoms with Gasteiger partial charge in [0.15, 0.2) is 0 Å². The van der Waals surface area contributed by atoms with E-state index in [1.807, 2.05) is 0 Å². The van der Waals surface area contributed by atoms with E-state index in [0.29, 0.717) is 13.1 Å². The number of hydrogen-bond donors (Lipinski definition) is 2. The minimum absolute atomic E-state index is 0.0625. The van der Waals surface area contributed by atoms with Crippen molar-refractivity contribution in [2.45, 2.75) is 31.4 Å². The fraction of sp³-hybridized carbons (Fsp3) is 0.562. The van der Waals surface area contributed by atoms with E-state index in [9.17, 15) is 9.90 Å². The van der Waals surface area contributed by atoms with E-state index >= 15 is 0 Å². The van der Waals surface area contributed by atoms with Gasteiger partial charge in [-0.2, -0.15) is 0 Å². The Bertz CT molecular complexity index is 568. The highest BCUT2D eigenvalue weighted by atomic mass is 16.3. The molecule has 7 heteroatoms. The number of nitrogens with zero attached hydrogens (tertiary/aromatic N) is 4. The number of aliphatic hydroxyl groups is 1. The third kappa shape index (κ3) is 3.86. The lowest BCUT2D eigenvalue weighted by Crippen LogP contribution is -2.45. The van der Waals surface area contributed by atoms with Crippen molar-refractivity contribution in [3.63, 3.8) is 0 Å². The molecule has 1 amide bonds. The Morgan fingerprint density at radius 2 is 1.91 bits per heavy atom. The molecule has 0 unspecified atom stereocenters. The van der Waals surface area contributed by atoms with Gasteiger partial charge in [-0.3, -0.25) is 9.69 Å². The van der Waals surface area contributed by atoms with Crippen LogP contribution in [0.1, 0.15) is 24.8 Å². The first kappa shape index (κ1) is 15.9. The molecular formula is C16H23N5O2. The zero-order chi connectivity index (χ0) is 16.2. The number of aliphatic hydroxyl groups excluding tert-OH is 1. The maximum Gasteiger partial charge on any atom is 0.246 e. The summed E-state index contributed by atoms with van der Waals surface area (Å²) in [4.78, 5) is 24.1. The van der Waals surface area contributed by atoms with Gasteiger partial charge in [-0.1, -0.05) is 6.42 Å². The van der Waals surface area contributed by atoms with Crippen molar-refractivity contribution < 1.29 is 9.90 Å². The number of piperidine rings is 1. The molecule has 0 saturated carbocycles. The van der Waals surface area contributed by atoms with Crippen LogP contribution < -0.4 is 5.73 Å². The van der Waals surface area contributed by atoms with Gasteiger partial charge in [-0.15, -0.1) is 0 Å². The number of anilines is 1. The summed E-state index contributed by atoms with van der Waals surface area (Å²) in [5, 5.41) is 10.3. The maximum absolute atomic E-state index is 12.3. The van der Waals surface area contributed by atoms with Crippen LogP contribution in [0, 0.1) is 0 Å². The molecule has 1 aromatic rings. The zero-order valence-electron chi connectivity index (χ0n) is 13.1. The first-order chi connectivity index (χ1) is 11.1. The van der Waals surface area contributed by atoms with Gasteiger partial charge in [0.2, 0.25) is 11.9 Å². The molecule has 124 valence electrons. The van der Waals surface area contributed by atoms with Crippen LogP contribution in [-0.4, -0.2) is 69.1 Å². The van der Waals surface area contributed by atoms with Crippen LogP contribution in [0.2, 0.25) is 0 Å². The largest absolute Gasteiger partial charge is 0.390 e. The Labute approximate surface area is 135 Å². The Morgan fingerprint density at radius 3 is 2.61 bits per heavy atom. The van der Waals surface area contributed by atoms with Gasteiger partial charge in [0.25, 0.3) is 0 Å². The normalized spacial score (nSPS) is 26.0. The predicted octanol–water partition coefficient (Wildman–Crippen LogP) is 0.130. The quantitative estimate of drug-likeness (QED) is 0.769. The SMILES string of the molecule is Nc1ncc(C=CC(=O)N2C[C@H](O)[C@@H](N3CCCCC3)C2)cn1. The number of carbonyl (C=O) groups excluding carboxylic acids is 1. The van der Waals surface area contributed by atoms with Crippen LogP contribution in [0.3, 0.4) is 0 Å². The van der Waals surface area contributed by atoms with Crippen molar-refractivity contribution >= 4 is 17.9 Å². The summed E-state index contributed by atoms with van der Waals surface area (Å²) in [7, 11) is 0. The molecule has 3 heterocycles. The van der Waals surface area contributed by atoms with E-state index < -0.39 is 6.10 Å². The Morgan fingerprint density at radius 1 is 1.22 bits per heavy atom. The molecule has 2 aliphatic heterocycles. The smallest absolute Gasteiger partial charge is 0.246 e. The summed E-state index contributed by atoms with van der Waals surface area (Å²) in [5.41, 5.74) is 6.15. The Balaban J connectivity index is 1.58. The number of β-amino-alcohol motifs (C(OH)–C–C–N with tert-alkyl or cyclic N) is 1. The van der Waals surface area contributed by atoms with E-state index in [2.05, 4.69) is 14.9 Å². The minimum Gasteiger partial charge on any atom is -0.390 e. The van der Waals surface area contributed by atoms with E-state index in [4.69, 9.17) is 5.73 Å². The maximum atomic E-state index is 12.3. The first-order valence-corrected chi connectivity index (χ1v) is 8.10. The summed E-state index contributed by atoms with van der Waals surface area (Å²) >= 11 is 0. The Hall–Kier alpha value is -1.99. The number of nitrogen functional groups attached to an aromatic ring is 1. The molecule has 2 atom stereocenters. The molecule has 3 N–H and O–H groups in total. The monoisotopic (exact) mass is 317 g/mol. The van der Waals surface area contributed by atoms with Crippen molar-refractivity contribution in [2.24, 2.45) is 0 Å². The number of aromatic nitrogens is 2. The summed E-state index contributed by atoms with van der Waals surface area (Å²) < 4.78 is 0. The number of amides is 1. The van der Waals surface area contributed by atoms with Crippen LogP contribution in [0.4, 0.5) is 5.95 Å². The molecule has 3 rings (SSSR count). The van der Waals surface area contributed by atoms with E-state index in [1.165, 1.54) is 25.3 Å².